The summed E-state index contributed by atoms with van der Waals surface area (Å²) in [5, 5.41) is 21.2. The van der Waals surface area contributed by atoms with Crippen LogP contribution in [0.2, 0.25) is 0 Å². The lowest BCUT2D eigenvalue weighted by Crippen LogP contribution is -2.54. The van der Waals surface area contributed by atoms with Crippen LogP contribution in [0.1, 0.15) is 105 Å². The third kappa shape index (κ3) is 4.05. The summed E-state index contributed by atoms with van der Waals surface area (Å²) in [7, 11) is 0. The van der Waals surface area contributed by atoms with Crippen LogP contribution < -0.4 is 0 Å². The molecular weight excluding hydrogens is 384 g/mol. The van der Waals surface area contributed by atoms with Gasteiger partial charge in [-0.15, -0.1) is 0 Å². The minimum absolute atomic E-state index is 0.00221. The van der Waals surface area contributed by atoms with E-state index >= 15 is 0 Å². The van der Waals surface area contributed by atoms with Crippen molar-refractivity contribution in [1.82, 2.24) is 0 Å². The molecule has 31 heavy (non-hydrogen) atoms. The van der Waals surface area contributed by atoms with Crippen LogP contribution in [0.4, 0.5) is 0 Å². The highest BCUT2D eigenvalue weighted by Crippen LogP contribution is 2.67. The minimum atomic E-state index is -0.730. The quantitative estimate of drug-likeness (QED) is 0.559. The number of ketones is 1. The van der Waals surface area contributed by atoms with E-state index in [4.69, 9.17) is 0 Å². The minimum Gasteiger partial charge on any atom is -0.390 e. The average molecular weight is 433 g/mol. The Kier molecular flexibility index (Phi) is 6.70. The number of carbonyl (C=O) groups is 1. The van der Waals surface area contributed by atoms with Gasteiger partial charge in [0.05, 0.1) is 12.2 Å². The Hall–Kier alpha value is -0.410. The van der Waals surface area contributed by atoms with Crippen LogP contribution in [0, 0.1) is 52.3 Å². The first-order chi connectivity index (χ1) is 14.6. The van der Waals surface area contributed by atoms with Crippen molar-refractivity contribution in [2.24, 2.45) is 52.3 Å². The van der Waals surface area contributed by atoms with E-state index in [1.54, 1.807) is 0 Å². The number of aliphatic hydroxyl groups excluding tert-OH is 2. The molecule has 4 aliphatic carbocycles. The number of rotatable bonds is 5. The second-order valence-electron chi connectivity index (χ2n) is 13.1. The standard InChI is InChI=1S/C28H48O3/c1-17(2)7-6-8-18(3)21-9-10-22-20-15-19(29)16-24-26(31)25(30)12-14-28(24,5)23(20)11-13-27(21,22)4/h17-18,20-26,30-31H,6-16H2,1-5H3/t18-,20+,21-,22+,23+,24+,25-,26+,27-,28-/m1/s1. The molecule has 4 fully saturated rings. The van der Waals surface area contributed by atoms with Gasteiger partial charge in [0.15, 0.2) is 0 Å². The van der Waals surface area contributed by atoms with E-state index in [0.29, 0.717) is 48.2 Å². The van der Waals surface area contributed by atoms with E-state index < -0.39 is 12.2 Å². The van der Waals surface area contributed by atoms with Gasteiger partial charge < -0.3 is 10.2 Å². The van der Waals surface area contributed by atoms with Crippen LogP contribution in [-0.4, -0.2) is 28.2 Å². The van der Waals surface area contributed by atoms with E-state index in [9.17, 15) is 15.0 Å². The summed E-state index contributed by atoms with van der Waals surface area (Å²) in [6, 6.07) is 0. The van der Waals surface area contributed by atoms with Crippen molar-refractivity contribution in [2.75, 3.05) is 0 Å². The molecule has 2 N–H and O–H groups in total. The normalized spacial score (nSPS) is 48.6. The molecule has 4 aliphatic rings. The van der Waals surface area contributed by atoms with Crippen LogP contribution in [-0.2, 0) is 4.79 Å². The number of hydrogen-bond acceptors (Lipinski definition) is 3. The van der Waals surface area contributed by atoms with Crippen molar-refractivity contribution in [2.45, 2.75) is 117 Å². The maximum atomic E-state index is 13.1. The van der Waals surface area contributed by atoms with Gasteiger partial charge in [0.1, 0.15) is 5.78 Å². The molecule has 0 spiro atoms. The average Bonchev–Trinajstić information content (AvgIpc) is 3.00. The predicted octanol–water partition coefficient (Wildman–Crippen LogP) is 6.01. The Morgan fingerprint density at radius 3 is 2.26 bits per heavy atom. The highest BCUT2D eigenvalue weighted by molar-refractivity contribution is 5.79. The molecule has 178 valence electrons. The zero-order valence-corrected chi connectivity index (χ0v) is 20.8. The molecule has 4 saturated carbocycles. The van der Waals surface area contributed by atoms with E-state index in [1.807, 2.05) is 0 Å². The van der Waals surface area contributed by atoms with E-state index in [0.717, 1.165) is 24.2 Å². The molecule has 0 radical (unpaired) electrons. The molecule has 0 aromatic rings. The Bertz CT molecular complexity index is 659. The number of fused-ring (bicyclic) bond motifs is 5. The Morgan fingerprint density at radius 2 is 1.55 bits per heavy atom. The Labute approximate surface area is 190 Å². The van der Waals surface area contributed by atoms with Crippen molar-refractivity contribution in [3.05, 3.63) is 0 Å². The lowest BCUT2D eigenvalue weighted by atomic mass is 9.48. The van der Waals surface area contributed by atoms with Gasteiger partial charge in [-0.25, -0.2) is 0 Å². The lowest BCUT2D eigenvalue weighted by molar-refractivity contribution is -0.142. The van der Waals surface area contributed by atoms with Crippen LogP contribution in [0.15, 0.2) is 0 Å². The first kappa shape index (κ1) is 23.7. The SMILES string of the molecule is CC(C)CCC[C@@H](C)[C@H]1CC[C@H]2[C@@H]3CC(=O)C[C@H]4[C@H](O)[C@H](O)CC[C@]4(C)[C@H]3CC[C@]12C. The van der Waals surface area contributed by atoms with Crippen LogP contribution >= 0.6 is 0 Å². The van der Waals surface area contributed by atoms with Gasteiger partial charge in [-0.3, -0.25) is 4.79 Å². The second-order valence-corrected chi connectivity index (χ2v) is 13.1. The predicted molar refractivity (Wildman–Crippen MR) is 125 cm³/mol. The van der Waals surface area contributed by atoms with Gasteiger partial charge in [0, 0.05) is 12.8 Å². The fourth-order valence-electron chi connectivity index (χ4n) is 9.29. The van der Waals surface area contributed by atoms with Gasteiger partial charge in [-0.2, -0.15) is 0 Å². The number of carbonyl (C=O) groups excluding carboxylic acids is 1. The smallest absolute Gasteiger partial charge is 0.133 e. The second kappa shape index (κ2) is 8.75. The molecule has 0 bridgehead atoms. The maximum absolute atomic E-state index is 13.1. The summed E-state index contributed by atoms with van der Waals surface area (Å²) in [6.07, 6.45) is 10.6. The molecule has 0 aromatic carbocycles. The summed E-state index contributed by atoms with van der Waals surface area (Å²) in [5.74, 6) is 4.32. The third-order valence-electron chi connectivity index (χ3n) is 11.0. The van der Waals surface area contributed by atoms with Crippen molar-refractivity contribution >= 4 is 5.78 Å². The number of aliphatic hydroxyl groups is 2. The molecule has 0 aliphatic heterocycles. The summed E-state index contributed by atoms with van der Waals surface area (Å²) in [5.41, 5.74) is 0.374. The fraction of sp³-hybridized carbons (Fsp3) is 0.964. The fourth-order valence-corrected chi connectivity index (χ4v) is 9.29. The van der Waals surface area contributed by atoms with Gasteiger partial charge in [0.2, 0.25) is 0 Å². The van der Waals surface area contributed by atoms with Crippen LogP contribution in [0.25, 0.3) is 0 Å². The first-order valence-corrected chi connectivity index (χ1v) is 13.5. The summed E-state index contributed by atoms with van der Waals surface area (Å²) in [6.45, 7) is 12.1. The molecule has 0 amide bonds. The molecule has 0 unspecified atom stereocenters. The highest BCUT2D eigenvalue weighted by atomic mass is 16.3. The number of Topliss-reactive ketones (excluding diaryl/α,β-unsaturated/α-hetero) is 1. The Balaban J connectivity index is 1.55. The highest BCUT2D eigenvalue weighted by Gasteiger charge is 2.61. The molecule has 3 nitrogen and oxygen atoms in total. The largest absolute Gasteiger partial charge is 0.390 e. The third-order valence-corrected chi connectivity index (χ3v) is 11.0. The first-order valence-electron chi connectivity index (χ1n) is 13.5. The van der Waals surface area contributed by atoms with Gasteiger partial charge in [-0.1, -0.05) is 53.9 Å². The van der Waals surface area contributed by atoms with Crippen LogP contribution in [0.5, 0.6) is 0 Å². The Morgan fingerprint density at radius 1 is 0.871 bits per heavy atom. The van der Waals surface area contributed by atoms with Gasteiger partial charge in [0.25, 0.3) is 0 Å². The molecular formula is C28H48O3. The van der Waals surface area contributed by atoms with Crippen molar-refractivity contribution < 1.29 is 15.0 Å². The monoisotopic (exact) mass is 432 g/mol. The van der Waals surface area contributed by atoms with E-state index in [-0.39, 0.29) is 11.3 Å². The molecule has 0 heterocycles. The van der Waals surface area contributed by atoms with Crippen molar-refractivity contribution in [1.29, 1.82) is 0 Å². The van der Waals surface area contributed by atoms with Crippen LogP contribution in [0.3, 0.4) is 0 Å². The molecule has 3 heteroatoms. The molecule has 0 aromatic heterocycles. The summed E-state index contributed by atoms with van der Waals surface area (Å²) >= 11 is 0. The number of hydrogen-bond donors (Lipinski definition) is 2. The zero-order chi connectivity index (χ0) is 22.6. The maximum Gasteiger partial charge on any atom is 0.133 e. The topological polar surface area (TPSA) is 57.5 Å². The van der Waals surface area contributed by atoms with Gasteiger partial charge in [-0.05, 0) is 90.8 Å². The van der Waals surface area contributed by atoms with E-state index in [1.165, 1.54) is 44.9 Å². The molecule has 4 rings (SSSR count). The molecule has 10 atom stereocenters. The molecule has 0 saturated heterocycles. The lowest BCUT2D eigenvalue weighted by Gasteiger charge is -2.57. The van der Waals surface area contributed by atoms with Crippen molar-refractivity contribution in [3.63, 3.8) is 0 Å². The van der Waals surface area contributed by atoms with Gasteiger partial charge >= 0.3 is 0 Å². The van der Waals surface area contributed by atoms with E-state index in [2.05, 4.69) is 34.6 Å². The summed E-state index contributed by atoms with van der Waals surface area (Å²) < 4.78 is 0. The zero-order valence-electron chi connectivity index (χ0n) is 20.8. The van der Waals surface area contributed by atoms with Crippen molar-refractivity contribution in [3.8, 4) is 0 Å². The summed E-state index contributed by atoms with van der Waals surface area (Å²) in [4.78, 5) is 13.1.